The average molecular weight is 368 g/mol. The summed E-state index contributed by atoms with van der Waals surface area (Å²) in [4.78, 5) is 12.7. The van der Waals surface area contributed by atoms with Gasteiger partial charge in [-0.2, -0.15) is 0 Å². The van der Waals surface area contributed by atoms with Crippen molar-refractivity contribution in [3.8, 4) is 5.75 Å². The normalized spacial score (nSPS) is 20.7. The van der Waals surface area contributed by atoms with Gasteiger partial charge in [0, 0.05) is 31.6 Å². The van der Waals surface area contributed by atoms with Gasteiger partial charge in [0.1, 0.15) is 11.5 Å². The summed E-state index contributed by atoms with van der Waals surface area (Å²) in [6, 6.07) is 11.6. The number of hydrogen-bond donors (Lipinski definition) is 1. The van der Waals surface area contributed by atoms with Crippen LogP contribution in [0, 0.1) is 11.8 Å². The summed E-state index contributed by atoms with van der Waals surface area (Å²) in [6.45, 7) is 1.77. The first-order valence-corrected chi connectivity index (χ1v) is 10.2. The molecule has 1 aromatic carbocycles. The molecule has 4 nitrogen and oxygen atoms in total. The molecule has 2 aromatic rings. The smallest absolute Gasteiger partial charge is 0.343 e. The van der Waals surface area contributed by atoms with Crippen LogP contribution >= 0.6 is 0 Å². The number of rotatable bonds is 8. The minimum atomic E-state index is -0.380. The van der Waals surface area contributed by atoms with Crippen molar-refractivity contribution in [2.24, 2.45) is 11.8 Å². The van der Waals surface area contributed by atoms with E-state index in [1.165, 1.54) is 0 Å². The van der Waals surface area contributed by atoms with Crippen LogP contribution < -0.4 is 5.63 Å². The Bertz CT molecular complexity index is 801. The molecule has 2 heterocycles. The molecule has 2 aliphatic rings. The van der Waals surface area contributed by atoms with Crippen LogP contribution in [-0.2, 0) is 11.2 Å². The largest absolute Gasteiger partial charge is 0.507 e. The monoisotopic (exact) mass is 368 g/mol. The lowest BCUT2D eigenvalue weighted by Gasteiger charge is -2.17. The molecule has 2 unspecified atom stereocenters. The fourth-order valence-corrected chi connectivity index (χ4v) is 4.26. The van der Waals surface area contributed by atoms with Gasteiger partial charge in [-0.05, 0) is 49.5 Å². The molecule has 144 valence electrons. The summed E-state index contributed by atoms with van der Waals surface area (Å²) in [5, 5.41) is 10.6. The molecule has 0 amide bonds. The average Bonchev–Trinajstić information content (AvgIpc) is 3.37. The van der Waals surface area contributed by atoms with Crippen LogP contribution in [0.4, 0.5) is 0 Å². The van der Waals surface area contributed by atoms with E-state index in [1.54, 1.807) is 6.07 Å². The van der Waals surface area contributed by atoms with Gasteiger partial charge < -0.3 is 14.3 Å². The molecule has 1 N–H and O–H groups in total. The van der Waals surface area contributed by atoms with Crippen LogP contribution in [0.5, 0.6) is 5.75 Å². The van der Waals surface area contributed by atoms with Gasteiger partial charge in [0.2, 0.25) is 0 Å². The highest BCUT2D eigenvalue weighted by atomic mass is 16.5. The predicted octanol–water partition coefficient (Wildman–Crippen LogP) is 4.64. The van der Waals surface area contributed by atoms with Gasteiger partial charge in [0.05, 0.1) is 5.56 Å². The summed E-state index contributed by atoms with van der Waals surface area (Å²) in [5.41, 5.74) is 1.12. The third-order valence-corrected chi connectivity index (χ3v) is 5.89. The van der Waals surface area contributed by atoms with Crippen LogP contribution in [0.1, 0.15) is 61.3 Å². The van der Waals surface area contributed by atoms with E-state index in [9.17, 15) is 9.90 Å². The van der Waals surface area contributed by atoms with Crippen molar-refractivity contribution >= 4 is 0 Å². The summed E-state index contributed by atoms with van der Waals surface area (Å²) >= 11 is 0. The fraction of sp³-hybridized carbons (Fsp3) is 0.522. The Balaban J connectivity index is 1.45. The van der Waals surface area contributed by atoms with E-state index < -0.39 is 0 Å². The van der Waals surface area contributed by atoms with Crippen molar-refractivity contribution in [1.29, 1.82) is 0 Å². The zero-order chi connectivity index (χ0) is 18.6. The molecule has 1 aliphatic heterocycles. The first-order valence-electron chi connectivity index (χ1n) is 10.2. The fourth-order valence-electron chi connectivity index (χ4n) is 4.26. The molecule has 0 spiro atoms. The van der Waals surface area contributed by atoms with Crippen molar-refractivity contribution in [1.82, 2.24) is 0 Å². The van der Waals surface area contributed by atoms with Crippen LogP contribution in [-0.4, -0.2) is 18.3 Å². The number of unbranched alkanes of at least 4 members (excludes halogenated alkanes) is 1. The maximum absolute atomic E-state index is 12.7. The number of ether oxygens (including phenoxy) is 1. The number of aryl methyl sites for hydroxylation is 1. The summed E-state index contributed by atoms with van der Waals surface area (Å²) in [7, 11) is 0. The van der Waals surface area contributed by atoms with E-state index in [4.69, 9.17) is 9.15 Å². The zero-order valence-electron chi connectivity index (χ0n) is 15.7. The minimum absolute atomic E-state index is 0.0705. The maximum Gasteiger partial charge on any atom is 0.343 e. The van der Waals surface area contributed by atoms with Crippen molar-refractivity contribution in [2.75, 3.05) is 13.2 Å². The molecule has 27 heavy (non-hydrogen) atoms. The Hall–Kier alpha value is -2.07. The van der Waals surface area contributed by atoms with Gasteiger partial charge in [0.15, 0.2) is 0 Å². The third kappa shape index (κ3) is 4.44. The Morgan fingerprint density at radius 3 is 2.59 bits per heavy atom. The topological polar surface area (TPSA) is 59.7 Å². The summed E-state index contributed by atoms with van der Waals surface area (Å²) in [6.07, 6.45) is 7.24. The van der Waals surface area contributed by atoms with Gasteiger partial charge in [-0.3, -0.25) is 0 Å². The van der Waals surface area contributed by atoms with E-state index in [0.29, 0.717) is 29.6 Å². The third-order valence-electron chi connectivity index (χ3n) is 5.89. The van der Waals surface area contributed by atoms with E-state index in [2.05, 4.69) is 0 Å². The van der Waals surface area contributed by atoms with Crippen molar-refractivity contribution < 1.29 is 14.3 Å². The zero-order valence-corrected chi connectivity index (χ0v) is 15.7. The Morgan fingerprint density at radius 1 is 1.11 bits per heavy atom. The van der Waals surface area contributed by atoms with Gasteiger partial charge in [-0.25, -0.2) is 4.79 Å². The lowest BCUT2D eigenvalue weighted by Crippen LogP contribution is -2.16. The second-order valence-corrected chi connectivity index (χ2v) is 8.00. The van der Waals surface area contributed by atoms with Gasteiger partial charge >= 0.3 is 5.63 Å². The highest BCUT2D eigenvalue weighted by Crippen LogP contribution is 2.47. The highest BCUT2D eigenvalue weighted by molar-refractivity contribution is 5.41. The molecule has 4 heteroatoms. The first-order chi connectivity index (χ1) is 13.2. The first kappa shape index (κ1) is 18.3. The van der Waals surface area contributed by atoms with E-state index in [-0.39, 0.29) is 17.3 Å². The molecule has 1 saturated carbocycles. The molecular formula is C23H28O4. The Kier molecular flexibility index (Phi) is 5.63. The van der Waals surface area contributed by atoms with Crippen LogP contribution in [0.2, 0.25) is 0 Å². The second kappa shape index (κ2) is 8.30. The molecule has 4 rings (SSSR count). The number of aromatic hydroxyl groups is 1. The Morgan fingerprint density at radius 2 is 1.93 bits per heavy atom. The Labute approximate surface area is 160 Å². The van der Waals surface area contributed by atoms with E-state index in [0.717, 1.165) is 57.3 Å². The predicted molar refractivity (Wildman–Crippen MR) is 104 cm³/mol. The van der Waals surface area contributed by atoms with Crippen molar-refractivity contribution in [3.63, 3.8) is 0 Å². The molecule has 1 aliphatic carbocycles. The summed E-state index contributed by atoms with van der Waals surface area (Å²) < 4.78 is 11.0. The number of hydrogen-bond acceptors (Lipinski definition) is 4. The quantitative estimate of drug-likeness (QED) is 0.690. The van der Waals surface area contributed by atoms with E-state index in [1.807, 2.05) is 30.3 Å². The standard InChI is InChI=1S/C23H28O4/c24-20-14-19(9-5-4-6-16-12-13-26-15-16)27-23(25)22(20)21(18-10-11-18)17-7-2-1-3-8-17/h1-3,7-8,14,16,18,21,24H,4-6,9-13,15H2. The van der Waals surface area contributed by atoms with E-state index >= 15 is 0 Å². The molecule has 1 saturated heterocycles. The van der Waals surface area contributed by atoms with Gasteiger partial charge in [0.25, 0.3) is 0 Å². The highest BCUT2D eigenvalue weighted by Gasteiger charge is 2.37. The van der Waals surface area contributed by atoms with Crippen LogP contribution in [0.3, 0.4) is 0 Å². The van der Waals surface area contributed by atoms with Crippen LogP contribution in [0.25, 0.3) is 0 Å². The van der Waals surface area contributed by atoms with Gasteiger partial charge in [-0.15, -0.1) is 0 Å². The van der Waals surface area contributed by atoms with Crippen molar-refractivity contribution in [2.45, 2.75) is 50.9 Å². The molecule has 0 bridgehead atoms. The maximum atomic E-state index is 12.7. The number of benzene rings is 1. The van der Waals surface area contributed by atoms with Crippen LogP contribution in [0.15, 0.2) is 45.6 Å². The SMILES string of the molecule is O=c1oc(CCCCC2CCOC2)cc(O)c1C(c1ccccc1)C1CC1. The molecule has 2 fully saturated rings. The molecule has 2 atom stereocenters. The molecular weight excluding hydrogens is 340 g/mol. The molecule has 1 aromatic heterocycles. The summed E-state index contributed by atoms with van der Waals surface area (Å²) in [5.74, 6) is 1.70. The second-order valence-electron chi connectivity index (χ2n) is 8.00. The lowest BCUT2D eigenvalue weighted by atomic mass is 9.87. The van der Waals surface area contributed by atoms with Crippen molar-refractivity contribution in [3.05, 3.63) is 63.7 Å². The molecule has 0 radical (unpaired) electrons. The lowest BCUT2D eigenvalue weighted by molar-refractivity contribution is 0.183. The minimum Gasteiger partial charge on any atom is -0.507 e. The van der Waals surface area contributed by atoms with Gasteiger partial charge in [-0.1, -0.05) is 36.8 Å².